The molecule has 1 aromatic rings. The van der Waals surface area contributed by atoms with Gasteiger partial charge in [-0.15, -0.1) is 12.4 Å². The fourth-order valence-corrected chi connectivity index (χ4v) is 4.37. The summed E-state index contributed by atoms with van der Waals surface area (Å²) in [6, 6.07) is 5.58. The third-order valence-electron chi connectivity index (χ3n) is 4.00. The van der Waals surface area contributed by atoms with Gasteiger partial charge in [0, 0.05) is 27.2 Å². The third kappa shape index (κ3) is 3.79. The maximum absolute atomic E-state index is 12.8. The van der Waals surface area contributed by atoms with Crippen LogP contribution in [0.1, 0.15) is 24.5 Å². The Balaban J connectivity index is 0.00000264. The molecule has 0 fully saturated rings. The molecule has 0 aliphatic carbocycles. The molecule has 23 heavy (non-hydrogen) atoms. The standard InChI is InChI=1S/C15H23N3O3S.ClH/c1-11(15(19)17(2)3)22(20,21)18-8-4-5-13-9-12(10-16)6-7-14(13)18;/h6-7,9,11H,4-5,8,10,16H2,1-3H3;1H. The molecule has 8 heteroatoms. The van der Waals surface area contributed by atoms with Crippen LogP contribution >= 0.6 is 12.4 Å². The lowest BCUT2D eigenvalue weighted by Gasteiger charge is -2.33. The molecule has 1 aromatic carbocycles. The quantitative estimate of drug-likeness (QED) is 0.871. The van der Waals surface area contributed by atoms with E-state index in [1.807, 2.05) is 12.1 Å². The summed E-state index contributed by atoms with van der Waals surface area (Å²) in [4.78, 5) is 13.4. The van der Waals surface area contributed by atoms with Crippen LogP contribution in [0.3, 0.4) is 0 Å². The van der Waals surface area contributed by atoms with Gasteiger partial charge in [-0.2, -0.15) is 0 Å². The summed E-state index contributed by atoms with van der Waals surface area (Å²) in [5, 5.41) is -1.09. The van der Waals surface area contributed by atoms with Crippen molar-refractivity contribution < 1.29 is 13.2 Å². The SMILES string of the molecule is CC(C(=O)N(C)C)S(=O)(=O)N1CCCc2cc(CN)ccc21.Cl. The molecule has 2 rings (SSSR count). The van der Waals surface area contributed by atoms with Gasteiger partial charge < -0.3 is 10.6 Å². The van der Waals surface area contributed by atoms with E-state index in [1.54, 1.807) is 20.2 Å². The molecule has 1 amide bonds. The Morgan fingerprint density at radius 2 is 2.04 bits per heavy atom. The van der Waals surface area contributed by atoms with Gasteiger partial charge in [-0.05, 0) is 37.0 Å². The molecule has 2 N–H and O–H groups in total. The summed E-state index contributed by atoms with van der Waals surface area (Å²) in [6.45, 7) is 2.28. The van der Waals surface area contributed by atoms with Gasteiger partial charge in [0.15, 0.2) is 5.25 Å². The fourth-order valence-electron chi connectivity index (χ4n) is 2.69. The summed E-state index contributed by atoms with van der Waals surface area (Å²) in [7, 11) is -0.605. The van der Waals surface area contributed by atoms with Crippen LogP contribution < -0.4 is 10.0 Å². The van der Waals surface area contributed by atoms with E-state index >= 15 is 0 Å². The molecule has 0 bridgehead atoms. The molecule has 0 spiro atoms. The van der Waals surface area contributed by atoms with Gasteiger partial charge in [0.05, 0.1) is 5.69 Å². The van der Waals surface area contributed by atoms with E-state index in [9.17, 15) is 13.2 Å². The molecular formula is C15H24ClN3O3S. The minimum atomic E-state index is -3.73. The summed E-state index contributed by atoms with van der Waals surface area (Å²) < 4.78 is 27.0. The molecule has 130 valence electrons. The van der Waals surface area contributed by atoms with Gasteiger partial charge >= 0.3 is 0 Å². The average Bonchev–Trinajstić information content (AvgIpc) is 2.51. The van der Waals surface area contributed by atoms with Crippen LogP contribution in [0.15, 0.2) is 18.2 Å². The fraction of sp³-hybridized carbons (Fsp3) is 0.533. The molecule has 1 atom stereocenters. The predicted molar refractivity (Wildman–Crippen MR) is 94.3 cm³/mol. The van der Waals surface area contributed by atoms with Crippen molar-refractivity contribution in [3.05, 3.63) is 29.3 Å². The number of hydrogen-bond donors (Lipinski definition) is 1. The Morgan fingerprint density at radius 3 is 2.61 bits per heavy atom. The van der Waals surface area contributed by atoms with Gasteiger partial charge in [0.2, 0.25) is 15.9 Å². The first kappa shape index (κ1) is 19.7. The van der Waals surface area contributed by atoms with E-state index in [-0.39, 0.29) is 12.4 Å². The summed E-state index contributed by atoms with van der Waals surface area (Å²) in [5.74, 6) is -0.411. The highest BCUT2D eigenvalue weighted by Gasteiger charge is 2.36. The Hall–Kier alpha value is -1.31. The van der Waals surface area contributed by atoms with Crippen molar-refractivity contribution in [1.29, 1.82) is 0 Å². The van der Waals surface area contributed by atoms with E-state index in [0.29, 0.717) is 18.8 Å². The number of amides is 1. The summed E-state index contributed by atoms with van der Waals surface area (Å²) in [5.41, 5.74) is 8.27. The number of rotatable bonds is 4. The zero-order chi connectivity index (χ0) is 16.5. The van der Waals surface area contributed by atoms with Crippen LogP contribution in [0.5, 0.6) is 0 Å². The molecule has 1 aliphatic rings. The number of benzene rings is 1. The van der Waals surface area contributed by atoms with Crippen LogP contribution in [-0.2, 0) is 27.8 Å². The molecule has 0 aromatic heterocycles. The number of carbonyl (C=O) groups excluding carboxylic acids is 1. The summed E-state index contributed by atoms with van der Waals surface area (Å²) >= 11 is 0. The first-order chi connectivity index (χ1) is 10.3. The molecule has 0 saturated heterocycles. The minimum Gasteiger partial charge on any atom is -0.348 e. The maximum Gasteiger partial charge on any atom is 0.246 e. The van der Waals surface area contributed by atoms with Gasteiger partial charge in [-0.3, -0.25) is 9.10 Å². The molecule has 0 saturated carbocycles. The number of sulfonamides is 1. The average molecular weight is 362 g/mol. The van der Waals surface area contributed by atoms with Crippen LogP contribution in [-0.4, -0.2) is 45.1 Å². The van der Waals surface area contributed by atoms with Gasteiger partial charge in [0.1, 0.15) is 0 Å². The minimum absolute atomic E-state index is 0. The highest BCUT2D eigenvalue weighted by atomic mass is 35.5. The Kier molecular flexibility index (Phi) is 6.44. The number of anilines is 1. The lowest BCUT2D eigenvalue weighted by molar-refractivity contribution is -0.127. The second-order valence-corrected chi connectivity index (χ2v) is 7.94. The van der Waals surface area contributed by atoms with Gasteiger partial charge in [-0.1, -0.05) is 12.1 Å². The number of nitrogens with zero attached hydrogens (tertiary/aromatic N) is 2. The number of fused-ring (bicyclic) bond motifs is 1. The molecule has 6 nitrogen and oxygen atoms in total. The molecular weight excluding hydrogens is 338 g/mol. The smallest absolute Gasteiger partial charge is 0.246 e. The number of halogens is 1. The number of carbonyl (C=O) groups is 1. The maximum atomic E-state index is 12.8. The van der Waals surface area contributed by atoms with Crippen molar-refractivity contribution in [2.75, 3.05) is 24.9 Å². The van der Waals surface area contributed by atoms with E-state index in [2.05, 4.69) is 0 Å². The zero-order valence-corrected chi connectivity index (χ0v) is 15.3. The molecule has 1 aliphatic heterocycles. The number of nitrogens with two attached hydrogens (primary N) is 1. The normalized spacial score (nSPS) is 15.4. The second kappa shape index (κ2) is 7.51. The van der Waals surface area contributed by atoms with Crippen LogP contribution in [0.2, 0.25) is 0 Å². The first-order valence-corrected chi connectivity index (χ1v) is 8.84. The molecule has 0 radical (unpaired) electrons. The number of hydrogen-bond acceptors (Lipinski definition) is 4. The lowest BCUT2D eigenvalue weighted by atomic mass is 10.0. The highest BCUT2D eigenvalue weighted by Crippen LogP contribution is 2.31. The van der Waals surface area contributed by atoms with Crippen molar-refractivity contribution >= 4 is 34.0 Å². The van der Waals surface area contributed by atoms with Crippen LogP contribution in [0.4, 0.5) is 5.69 Å². The molecule has 1 heterocycles. The van der Waals surface area contributed by atoms with Crippen LogP contribution in [0, 0.1) is 0 Å². The van der Waals surface area contributed by atoms with Gasteiger partial charge in [0.25, 0.3) is 0 Å². The zero-order valence-electron chi connectivity index (χ0n) is 13.7. The van der Waals surface area contributed by atoms with Gasteiger partial charge in [-0.25, -0.2) is 8.42 Å². The Labute approximate surface area is 144 Å². The van der Waals surface area contributed by atoms with Crippen molar-refractivity contribution in [2.24, 2.45) is 5.73 Å². The summed E-state index contributed by atoms with van der Waals surface area (Å²) in [6.07, 6.45) is 1.56. The topological polar surface area (TPSA) is 83.7 Å². The van der Waals surface area contributed by atoms with E-state index in [4.69, 9.17) is 5.73 Å². The van der Waals surface area contributed by atoms with Crippen molar-refractivity contribution in [3.63, 3.8) is 0 Å². The van der Waals surface area contributed by atoms with E-state index < -0.39 is 21.2 Å². The monoisotopic (exact) mass is 361 g/mol. The lowest BCUT2D eigenvalue weighted by Crippen LogP contribution is -2.47. The van der Waals surface area contributed by atoms with E-state index in [0.717, 1.165) is 24.0 Å². The largest absolute Gasteiger partial charge is 0.348 e. The molecule has 1 unspecified atom stereocenters. The Bertz CT molecular complexity index is 677. The number of aryl methyl sites for hydroxylation is 1. The van der Waals surface area contributed by atoms with E-state index in [1.165, 1.54) is 16.1 Å². The van der Waals surface area contributed by atoms with Crippen molar-refractivity contribution in [1.82, 2.24) is 4.90 Å². The first-order valence-electron chi connectivity index (χ1n) is 7.33. The second-order valence-electron chi connectivity index (χ2n) is 5.76. The van der Waals surface area contributed by atoms with Crippen molar-refractivity contribution in [3.8, 4) is 0 Å². The van der Waals surface area contributed by atoms with Crippen LogP contribution in [0.25, 0.3) is 0 Å². The third-order valence-corrected chi connectivity index (χ3v) is 6.09. The predicted octanol–water partition coefficient (Wildman–Crippen LogP) is 1.13. The Morgan fingerprint density at radius 1 is 1.39 bits per heavy atom. The van der Waals surface area contributed by atoms with Crippen molar-refractivity contribution in [2.45, 2.75) is 31.6 Å². The highest BCUT2D eigenvalue weighted by molar-refractivity contribution is 7.94.